The minimum absolute atomic E-state index is 0.216. The number of nitrogens with one attached hydrogen (secondary N) is 1. The largest absolute Gasteiger partial charge is 0.338 e. The first kappa shape index (κ1) is 21.3. The predicted molar refractivity (Wildman–Crippen MR) is 122 cm³/mol. The van der Waals surface area contributed by atoms with Crippen molar-refractivity contribution in [2.24, 2.45) is 7.05 Å². The normalized spacial score (nSPS) is 12.0. The van der Waals surface area contributed by atoms with Crippen molar-refractivity contribution in [2.45, 2.75) is 23.1 Å². The third kappa shape index (κ3) is 5.21. The number of aryl methyl sites for hydroxylation is 2. The van der Waals surface area contributed by atoms with Crippen LogP contribution in [0.2, 0.25) is 0 Å². The Hall–Kier alpha value is -2.97. The summed E-state index contributed by atoms with van der Waals surface area (Å²) in [6.45, 7) is 1.98. The summed E-state index contributed by atoms with van der Waals surface area (Å²) in [7, 11) is 1.86. The van der Waals surface area contributed by atoms with Gasteiger partial charge in [-0.1, -0.05) is 36.0 Å². The molecule has 31 heavy (non-hydrogen) atoms. The Balaban J connectivity index is 1.48. The lowest BCUT2D eigenvalue weighted by Crippen LogP contribution is -2.31. The molecule has 0 aliphatic heterocycles. The van der Waals surface area contributed by atoms with Gasteiger partial charge in [0.25, 0.3) is 5.91 Å². The highest BCUT2D eigenvalue weighted by Gasteiger charge is 2.21. The second-order valence-electron chi connectivity index (χ2n) is 7.09. The van der Waals surface area contributed by atoms with Gasteiger partial charge in [0, 0.05) is 41.8 Å². The van der Waals surface area contributed by atoms with Crippen LogP contribution in [-0.4, -0.2) is 20.4 Å². The molecule has 0 saturated carbocycles. The number of halogens is 1. The molecule has 5 nitrogen and oxygen atoms in total. The molecule has 8 heteroatoms. The van der Waals surface area contributed by atoms with E-state index in [0.717, 1.165) is 26.9 Å². The molecule has 0 spiro atoms. The van der Waals surface area contributed by atoms with Crippen molar-refractivity contribution in [3.63, 3.8) is 0 Å². The smallest absolute Gasteiger partial charge is 0.252 e. The lowest BCUT2D eigenvalue weighted by Gasteiger charge is -2.19. The molecule has 1 N–H and O–H groups in total. The molecule has 0 radical (unpaired) electrons. The topological polar surface area (TPSA) is 59.8 Å². The van der Waals surface area contributed by atoms with Crippen LogP contribution in [0.15, 0.2) is 70.6 Å². The van der Waals surface area contributed by atoms with Crippen molar-refractivity contribution >= 4 is 29.0 Å². The maximum Gasteiger partial charge on any atom is 0.252 e. The second kappa shape index (κ2) is 9.45. The maximum absolute atomic E-state index is 13.4. The average Bonchev–Trinajstić information content (AvgIpc) is 3.39. The van der Waals surface area contributed by atoms with E-state index in [2.05, 4.69) is 15.3 Å². The van der Waals surface area contributed by atoms with Crippen molar-refractivity contribution in [2.75, 3.05) is 0 Å². The fourth-order valence-electron chi connectivity index (χ4n) is 3.12. The minimum Gasteiger partial charge on any atom is -0.338 e. The van der Waals surface area contributed by atoms with Gasteiger partial charge in [-0.05, 0) is 42.3 Å². The van der Waals surface area contributed by atoms with Crippen LogP contribution in [0, 0.1) is 12.7 Å². The number of rotatable bonds is 7. The van der Waals surface area contributed by atoms with E-state index in [9.17, 15) is 9.18 Å². The molecule has 2 heterocycles. The molecule has 0 aliphatic carbocycles. The van der Waals surface area contributed by atoms with Crippen molar-refractivity contribution in [3.05, 3.63) is 100 Å². The molecule has 158 valence electrons. The Morgan fingerprint density at radius 2 is 1.94 bits per heavy atom. The Kier molecular flexibility index (Phi) is 6.48. The third-order valence-electron chi connectivity index (χ3n) is 4.77. The summed E-state index contributed by atoms with van der Waals surface area (Å²) in [6.07, 6.45) is 3.49. The van der Waals surface area contributed by atoms with Gasteiger partial charge in [-0.2, -0.15) is 0 Å². The zero-order valence-electron chi connectivity index (χ0n) is 17.1. The number of nitrogens with zero attached hydrogens (tertiary/aromatic N) is 3. The van der Waals surface area contributed by atoms with Gasteiger partial charge in [0.2, 0.25) is 0 Å². The third-order valence-corrected chi connectivity index (χ3v) is 6.98. The predicted octanol–water partition coefficient (Wildman–Crippen LogP) is 5.14. The summed E-state index contributed by atoms with van der Waals surface area (Å²) in [5.74, 6) is 0.925. The second-order valence-corrected chi connectivity index (χ2v) is 9.18. The van der Waals surface area contributed by atoms with Crippen LogP contribution >= 0.6 is 23.1 Å². The van der Waals surface area contributed by atoms with E-state index < -0.39 is 6.04 Å². The molecule has 2 aromatic heterocycles. The Morgan fingerprint density at radius 3 is 2.55 bits per heavy atom. The highest BCUT2D eigenvalue weighted by Crippen LogP contribution is 2.26. The van der Waals surface area contributed by atoms with Gasteiger partial charge in [-0.25, -0.2) is 14.4 Å². The van der Waals surface area contributed by atoms with E-state index in [1.165, 1.54) is 12.1 Å². The van der Waals surface area contributed by atoms with Gasteiger partial charge < -0.3 is 9.88 Å². The molecule has 4 aromatic rings. The number of hydrogen-bond donors (Lipinski definition) is 1. The molecule has 0 bridgehead atoms. The van der Waals surface area contributed by atoms with Crippen LogP contribution in [0.5, 0.6) is 0 Å². The van der Waals surface area contributed by atoms with Gasteiger partial charge in [0.15, 0.2) is 0 Å². The van der Waals surface area contributed by atoms with Crippen molar-refractivity contribution in [1.82, 2.24) is 19.9 Å². The van der Waals surface area contributed by atoms with Crippen LogP contribution < -0.4 is 5.32 Å². The summed E-state index contributed by atoms with van der Waals surface area (Å²) >= 11 is 3.32. The number of aromatic nitrogens is 3. The Labute approximate surface area is 188 Å². The number of thioether (sulfide) groups is 1. The van der Waals surface area contributed by atoms with Gasteiger partial charge in [0.1, 0.15) is 22.0 Å². The molecule has 1 unspecified atom stereocenters. The first-order chi connectivity index (χ1) is 15.0. The Morgan fingerprint density at radius 1 is 1.19 bits per heavy atom. The number of thiazole rings is 1. The van der Waals surface area contributed by atoms with Crippen molar-refractivity contribution < 1.29 is 9.18 Å². The first-order valence-electron chi connectivity index (χ1n) is 9.67. The van der Waals surface area contributed by atoms with Crippen LogP contribution in [0.4, 0.5) is 4.39 Å². The Bertz CT molecular complexity index is 1170. The summed E-state index contributed by atoms with van der Waals surface area (Å²) in [6, 6.07) is 13.1. The van der Waals surface area contributed by atoms with Crippen LogP contribution in [0.1, 0.15) is 39.0 Å². The highest BCUT2D eigenvalue weighted by atomic mass is 32.2. The van der Waals surface area contributed by atoms with E-state index >= 15 is 0 Å². The quantitative estimate of drug-likeness (QED) is 0.395. The van der Waals surface area contributed by atoms with Gasteiger partial charge >= 0.3 is 0 Å². The lowest BCUT2D eigenvalue weighted by atomic mass is 10.0. The average molecular weight is 453 g/mol. The van der Waals surface area contributed by atoms with E-state index in [1.54, 1.807) is 41.4 Å². The molecule has 4 rings (SSSR count). The number of amides is 1. The molecular weight excluding hydrogens is 431 g/mol. The molecule has 0 aliphatic rings. The minimum atomic E-state index is -0.489. The summed E-state index contributed by atoms with van der Waals surface area (Å²) < 4.78 is 16.3. The summed E-state index contributed by atoms with van der Waals surface area (Å²) in [5, 5.41) is 5.07. The van der Waals surface area contributed by atoms with Crippen LogP contribution in [0.25, 0.3) is 0 Å². The van der Waals surface area contributed by atoms with E-state index in [4.69, 9.17) is 0 Å². The van der Waals surface area contributed by atoms with Gasteiger partial charge in [-0.15, -0.1) is 11.3 Å². The first-order valence-corrected chi connectivity index (χ1v) is 11.5. The zero-order valence-corrected chi connectivity index (χ0v) is 18.7. The number of hydrogen-bond acceptors (Lipinski definition) is 5. The van der Waals surface area contributed by atoms with Crippen molar-refractivity contribution in [1.29, 1.82) is 0 Å². The fraction of sp³-hybridized carbons (Fsp3) is 0.174. The number of carbonyl (C=O) groups is 1. The van der Waals surface area contributed by atoms with E-state index in [0.29, 0.717) is 11.4 Å². The fourth-order valence-corrected chi connectivity index (χ4v) is 4.92. The van der Waals surface area contributed by atoms with Crippen LogP contribution in [-0.2, 0) is 12.8 Å². The highest BCUT2D eigenvalue weighted by molar-refractivity contribution is 8.00. The van der Waals surface area contributed by atoms with Gasteiger partial charge in [-0.3, -0.25) is 4.79 Å². The molecule has 0 saturated heterocycles. The van der Waals surface area contributed by atoms with Crippen LogP contribution in [0.3, 0.4) is 0 Å². The molecular formula is C23H21FN4OS2. The summed E-state index contributed by atoms with van der Waals surface area (Å²) in [5.41, 5.74) is 3.47. The SMILES string of the molecule is Cc1csc(SCc2ccc(C(=O)NC(c3ccc(F)cc3)c3nccn3C)cc2)n1. The number of carbonyl (C=O) groups excluding carboxylic acids is 1. The molecule has 1 atom stereocenters. The van der Waals surface area contributed by atoms with E-state index in [1.807, 2.05) is 54.4 Å². The van der Waals surface area contributed by atoms with Crippen molar-refractivity contribution in [3.8, 4) is 0 Å². The van der Waals surface area contributed by atoms with Gasteiger partial charge in [0.05, 0.1) is 0 Å². The maximum atomic E-state index is 13.4. The monoisotopic (exact) mass is 452 g/mol. The molecule has 0 fully saturated rings. The lowest BCUT2D eigenvalue weighted by molar-refractivity contribution is 0.0941. The summed E-state index contributed by atoms with van der Waals surface area (Å²) in [4.78, 5) is 21.8. The zero-order chi connectivity index (χ0) is 21.8. The number of benzene rings is 2. The number of imidazole rings is 1. The molecule has 1 amide bonds. The standard InChI is InChI=1S/C23H21FN4OS2/c1-15-13-30-23(26-15)31-14-16-3-5-18(6-4-16)22(29)27-20(21-25-11-12-28(21)2)17-7-9-19(24)10-8-17/h3-13,20H,14H2,1-2H3,(H,27,29). The van der Waals surface area contributed by atoms with E-state index in [-0.39, 0.29) is 11.7 Å². The molecule has 2 aromatic carbocycles.